The normalized spacial score (nSPS) is 17.8. The van der Waals surface area contributed by atoms with Crippen LogP contribution < -0.4 is 15.4 Å². The van der Waals surface area contributed by atoms with Crippen LogP contribution in [-0.4, -0.2) is 31.3 Å². The molecule has 92 valence electrons. The summed E-state index contributed by atoms with van der Waals surface area (Å²) in [6.07, 6.45) is 0. The second kappa shape index (κ2) is 4.91. The second-order valence-corrected chi connectivity index (χ2v) is 4.06. The van der Waals surface area contributed by atoms with Gasteiger partial charge in [0.1, 0.15) is 18.4 Å². The minimum absolute atomic E-state index is 0.0844. The van der Waals surface area contributed by atoms with Crippen LogP contribution in [0.4, 0.5) is 5.69 Å². The summed E-state index contributed by atoms with van der Waals surface area (Å²) in [6, 6.07) is 2.99. The van der Waals surface area contributed by atoms with Crippen molar-refractivity contribution in [1.29, 1.82) is 0 Å². The van der Waals surface area contributed by atoms with Crippen LogP contribution in [0.2, 0.25) is 5.02 Å². The lowest BCUT2D eigenvalue weighted by Crippen LogP contribution is -2.23. The SMILES string of the molecule is CNC1C(=O)Nc2cc(OCCO)c(Cl)cc21. The van der Waals surface area contributed by atoms with Crippen molar-refractivity contribution in [3.05, 3.63) is 22.7 Å². The lowest BCUT2D eigenvalue weighted by molar-refractivity contribution is -0.117. The Hall–Kier alpha value is -1.30. The summed E-state index contributed by atoms with van der Waals surface area (Å²) in [5, 5.41) is 14.8. The lowest BCUT2D eigenvalue weighted by atomic mass is 10.1. The molecule has 3 N–H and O–H groups in total. The molecule has 0 saturated heterocycles. The van der Waals surface area contributed by atoms with Crippen LogP contribution in [0.1, 0.15) is 11.6 Å². The molecule has 0 aromatic heterocycles. The maximum absolute atomic E-state index is 11.6. The van der Waals surface area contributed by atoms with E-state index < -0.39 is 0 Å². The van der Waals surface area contributed by atoms with Crippen molar-refractivity contribution in [2.75, 3.05) is 25.6 Å². The van der Waals surface area contributed by atoms with Gasteiger partial charge in [0.25, 0.3) is 0 Å². The number of likely N-dealkylation sites (N-methyl/N-ethyl adjacent to an activating group) is 1. The summed E-state index contributed by atoms with van der Waals surface area (Å²) in [7, 11) is 1.71. The molecular formula is C11H13ClN2O3. The number of hydrogen-bond donors (Lipinski definition) is 3. The van der Waals surface area contributed by atoms with Gasteiger partial charge in [0.05, 0.1) is 11.6 Å². The molecule has 1 atom stereocenters. The fourth-order valence-corrected chi connectivity index (χ4v) is 2.04. The van der Waals surface area contributed by atoms with E-state index in [2.05, 4.69) is 10.6 Å². The molecule has 1 heterocycles. The molecular weight excluding hydrogens is 244 g/mol. The van der Waals surface area contributed by atoms with Gasteiger partial charge in [-0.3, -0.25) is 4.79 Å². The molecule has 1 aliphatic heterocycles. The molecule has 0 spiro atoms. The van der Waals surface area contributed by atoms with Crippen molar-refractivity contribution < 1.29 is 14.6 Å². The number of nitrogens with one attached hydrogen (secondary N) is 2. The van der Waals surface area contributed by atoms with Crippen LogP contribution in [0.3, 0.4) is 0 Å². The molecule has 17 heavy (non-hydrogen) atoms. The molecule has 0 radical (unpaired) electrons. The minimum Gasteiger partial charge on any atom is -0.490 e. The maximum atomic E-state index is 11.6. The van der Waals surface area contributed by atoms with Gasteiger partial charge < -0.3 is 20.5 Å². The number of carbonyl (C=O) groups excluding carboxylic acids is 1. The predicted molar refractivity (Wildman–Crippen MR) is 64.5 cm³/mol. The van der Waals surface area contributed by atoms with Crippen molar-refractivity contribution in [2.24, 2.45) is 0 Å². The Bertz CT molecular complexity index is 451. The van der Waals surface area contributed by atoms with E-state index in [0.29, 0.717) is 16.5 Å². The van der Waals surface area contributed by atoms with Crippen LogP contribution in [-0.2, 0) is 4.79 Å². The van der Waals surface area contributed by atoms with Gasteiger partial charge in [-0.15, -0.1) is 0 Å². The average Bonchev–Trinajstić information content (AvgIpc) is 2.61. The molecule has 1 amide bonds. The van der Waals surface area contributed by atoms with E-state index in [1.807, 2.05) is 0 Å². The largest absolute Gasteiger partial charge is 0.490 e. The molecule has 5 nitrogen and oxygen atoms in total. The number of aliphatic hydroxyl groups excluding tert-OH is 1. The van der Waals surface area contributed by atoms with Crippen LogP contribution in [0.25, 0.3) is 0 Å². The van der Waals surface area contributed by atoms with E-state index in [1.54, 1.807) is 19.2 Å². The number of ether oxygens (including phenoxy) is 1. The Morgan fingerprint density at radius 2 is 2.35 bits per heavy atom. The van der Waals surface area contributed by atoms with E-state index in [4.69, 9.17) is 21.4 Å². The quantitative estimate of drug-likeness (QED) is 0.749. The topological polar surface area (TPSA) is 70.6 Å². The molecule has 2 rings (SSSR count). The Morgan fingerprint density at radius 1 is 1.59 bits per heavy atom. The monoisotopic (exact) mass is 256 g/mol. The molecule has 1 aromatic rings. The zero-order valence-corrected chi connectivity index (χ0v) is 10.0. The minimum atomic E-state index is -0.380. The third kappa shape index (κ3) is 2.22. The summed E-state index contributed by atoms with van der Waals surface area (Å²) >= 11 is 6.04. The van der Waals surface area contributed by atoms with Crippen LogP contribution in [0.5, 0.6) is 5.75 Å². The molecule has 0 bridgehead atoms. The Balaban J connectivity index is 2.33. The highest BCUT2D eigenvalue weighted by atomic mass is 35.5. The molecule has 0 fully saturated rings. The zero-order valence-electron chi connectivity index (χ0n) is 9.29. The lowest BCUT2D eigenvalue weighted by Gasteiger charge is -2.10. The first-order valence-corrected chi connectivity index (χ1v) is 5.60. The van der Waals surface area contributed by atoms with Crippen molar-refractivity contribution in [1.82, 2.24) is 5.32 Å². The Labute approximate surface area is 104 Å². The zero-order chi connectivity index (χ0) is 12.4. The summed E-state index contributed by atoms with van der Waals surface area (Å²) in [5.74, 6) is 0.342. The number of anilines is 1. The average molecular weight is 257 g/mol. The highest BCUT2D eigenvalue weighted by Crippen LogP contribution is 2.38. The van der Waals surface area contributed by atoms with E-state index >= 15 is 0 Å². The van der Waals surface area contributed by atoms with Crippen LogP contribution >= 0.6 is 11.6 Å². The molecule has 0 aliphatic carbocycles. The molecule has 1 unspecified atom stereocenters. The van der Waals surface area contributed by atoms with Gasteiger partial charge in [0, 0.05) is 17.3 Å². The standard InChI is InChI=1S/C11H13ClN2O3/c1-13-10-6-4-7(12)9(17-3-2-15)5-8(6)14-11(10)16/h4-5,10,13,15H,2-3H2,1H3,(H,14,16). The number of aliphatic hydroxyl groups is 1. The fraction of sp³-hybridized carbons (Fsp3) is 0.364. The van der Waals surface area contributed by atoms with Crippen molar-refractivity contribution in [2.45, 2.75) is 6.04 Å². The smallest absolute Gasteiger partial charge is 0.246 e. The van der Waals surface area contributed by atoms with Crippen LogP contribution in [0.15, 0.2) is 12.1 Å². The third-order valence-electron chi connectivity index (χ3n) is 2.57. The summed E-state index contributed by atoms with van der Waals surface area (Å²) in [4.78, 5) is 11.6. The number of benzene rings is 1. The molecule has 6 heteroatoms. The second-order valence-electron chi connectivity index (χ2n) is 3.65. The predicted octanol–water partition coefficient (Wildman–Crippen LogP) is 0.924. The van der Waals surface area contributed by atoms with E-state index in [0.717, 1.165) is 5.56 Å². The van der Waals surface area contributed by atoms with E-state index in [-0.39, 0.29) is 25.2 Å². The number of fused-ring (bicyclic) bond motifs is 1. The third-order valence-corrected chi connectivity index (χ3v) is 2.87. The molecule has 0 saturated carbocycles. The van der Waals surface area contributed by atoms with Crippen molar-refractivity contribution in [3.63, 3.8) is 0 Å². The number of halogens is 1. The van der Waals surface area contributed by atoms with E-state index in [1.165, 1.54) is 0 Å². The van der Waals surface area contributed by atoms with Gasteiger partial charge in [-0.05, 0) is 13.1 Å². The van der Waals surface area contributed by atoms with Crippen molar-refractivity contribution >= 4 is 23.2 Å². The number of amides is 1. The maximum Gasteiger partial charge on any atom is 0.246 e. The fourth-order valence-electron chi connectivity index (χ4n) is 1.81. The highest BCUT2D eigenvalue weighted by Gasteiger charge is 2.30. The molecule has 1 aromatic carbocycles. The highest BCUT2D eigenvalue weighted by molar-refractivity contribution is 6.32. The first-order valence-electron chi connectivity index (χ1n) is 5.22. The first kappa shape index (κ1) is 12.2. The number of carbonyl (C=O) groups is 1. The first-order chi connectivity index (χ1) is 8.17. The Morgan fingerprint density at radius 3 is 3.00 bits per heavy atom. The van der Waals surface area contributed by atoms with Gasteiger partial charge in [-0.25, -0.2) is 0 Å². The van der Waals surface area contributed by atoms with Gasteiger partial charge in [-0.1, -0.05) is 11.6 Å². The summed E-state index contributed by atoms with van der Waals surface area (Å²) in [6.45, 7) is 0.0841. The van der Waals surface area contributed by atoms with Gasteiger partial charge in [0.15, 0.2) is 0 Å². The summed E-state index contributed by atoms with van der Waals surface area (Å²) in [5.41, 5.74) is 1.49. The molecule has 1 aliphatic rings. The Kier molecular flexibility index (Phi) is 3.51. The van der Waals surface area contributed by atoms with E-state index in [9.17, 15) is 4.79 Å². The summed E-state index contributed by atoms with van der Waals surface area (Å²) < 4.78 is 5.26. The van der Waals surface area contributed by atoms with Crippen molar-refractivity contribution in [3.8, 4) is 5.75 Å². The van der Waals surface area contributed by atoms with Gasteiger partial charge in [0.2, 0.25) is 5.91 Å². The van der Waals surface area contributed by atoms with Crippen LogP contribution in [0, 0.1) is 0 Å². The number of rotatable bonds is 4. The number of hydrogen-bond acceptors (Lipinski definition) is 4. The van der Waals surface area contributed by atoms with Gasteiger partial charge in [-0.2, -0.15) is 0 Å². The van der Waals surface area contributed by atoms with Gasteiger partial charge >= 0.3 is 0 Å².